The third-order valence-electron chi connectivity index (χ3n) is 9.17. The van der Waals surface area contributed by atoms with Gasteiger partial charge in [0, 0.05) is 6.42 Å². The predicted octanol–water partition coefficient (Wildman–Crippen LogP) is 13.1. The van der Waals surface area contributed by atoms with Crippen LogP contribution in [0.3, 0.4) is 0 Å². The van der Waals surface area contributed by atoms with E-state index in [2.05, 4.69) is 79.9 Å². The molecule has 0 aliphatic carbocycles. The summed E-state index contributed by atoms with van der Waals surface area (Å²) in [4.78, 5) is 12.4. The zero-order valence-corrected chi connectivity index (χ0v) is 32.9. The summed E-state index contributed by atoms with van der Waals surface area (Å²) in [6, 6.07) is -0.650. The largest absolute Gasteiger partial charge is 0.394 e. The molecule has 3 N–H and O–H groups in total. The maximum absolute atomic E-state index is 12.4. The van der Waals surface area contributed by atoms with Gasteiger partial charge in [0.2, 0.25) is 5.91 Å². The summed E-state index contributed by atoms with van der Waals surface area (Å²) in [6.45, 7) is 4.17. The summed E-state index contributed by atoms with van der Waals surface area (Å²) in [5, 5.41) is 23.0. The van der Waals surface area contributed by atoms with Gasteiger partial charge in [-0.05, 0) is 70.6 Å². The molecule has 0 fully saturated rings. The van der Waals surface area contributed by atoms with Crippen molar-refractivity contribution in [3.63, 3.8) is 0 Å². The van der Waals surface area contributed by atoms with Gasteiger partial charge in [0.15, 0.2) is 0 Å². The van der Waals surface area contributed by atoms with Crippen LogP contribution in [-0.2, 0) is 4.79 Å². The first-order valence-electron chi connectivity index (χ1n) is 21.2. The molecule has 288 valence electrons. The van der Waals surface area contributed by atoms with Crippen molar-refractivity contribution in [2.24, 2.45) is 0 Å². The van der Waals surface area contributed by atoms with Gasteiger partial charge in [-0.3, -0.25) is 4.79 Å². The average molecular weight is 696 g/mol. The number of hydrogen-bond acceptors (Lipinski definition) is 3. The molecule has 0 saturated carbocycles. The van der Waals surface area contributed by atoms with E-state index in [0.717, 1.165) is 70.6 Å². The lowest BCUT2D eigenvalue weighted by atomic mass is 10.0. The number of nitrogens with one attached hydrogen (secondary N) is 1. The van der Waals surface area contributed by atoms with Crippen molar-refractivity contribution in [3.8, 4) is 0 Å². The second-order valence-corrected chi connectivity index (χ2v) is 14.0. The monoisotopic (exact) mass is 696 g/mol. The molecule has 0 heterocycles. The van der Waals surface area contributed by atoms with Crippen LogP contribution in [0.5, 0.6) is 0 Å². The molecular formula is C46H81NO3. The molecular weight excluding hydrogens is 615 g/mol. The first-order chi connectivity index (χ1) is 24.7. The minimum absolute atomic E-state index is 0.0908. The highest BCUT2D eigenvalue weighted by atomic mass is 16.3. The van der Waals surface area contributed by atoms with Crippen molar-refractivity contribution in [2.45, 2.75) is 206 Å². The van der Waals surface area contributed by atoms with E-state index in [-0.39, 0.29) is 12.5 Å². The molecule has 0 radical (unpaired) electrons. The van der Waals surface area contributed by atoms with Crippen LogP contribution in [0.1, 0.15) is 194 Å². The van der Waals surface area contributed by atoms with E-state index in [1.807, 2.05) is 6.08 Å². The van der Waals surface area contributed by atoms with Gasteiger partial charge in [-0.25, -0.2) is 0 Å². The highest BCUT2D eigenvalue weighted by Crippen LogP contribution is 2.14. The fourth-order valence-corrected chi connectivity index (χ4v) is 5.95. The zero-order valence-electron chi connectivity index (χ0n) is 32.9. The van der Waals surface area contributed by atoms with Gasteiger partial charge in [-0.2, -0.15) is 0 Å². The Hall–Kier alpha value is -2.17. The Morgan fingerprint density at radius 2 is 0.900 bits per heavy atom. The average Bonchev–Trinajstić information content (AvgIpc) is 3.12. The van der Waals surface area contributed by atoms with Gasteiger partial charge in [0.1, 0.15) is 0 Å². The third kappa shape index (κ3) is 37.1. The van der Waals surface area contributed by atoms with Gasteiger partial charge >= 0.3 is 0 Å². The van der Waals surface area contributed by atoms with Gasteiger partial charge in [-0.1, -0.05) is 189 Å². The molecule has 0 rings (SSSR count). The van der Waals surface area contributed by atoms with Crippen LogP contribution in [0.2, 0.25) is 0 Å². The normalized spacial score (nSPS) is 13.8. The van der Waals surface area contributed by atoms with Gasteiger partial charge in [0.05, 0.1) is 18.8 Å². The molecule has 0 aliphatic rings. The standard InChI is InChI=1S/C46H81NO3/c1-3-5-7-9-11-13-15-17-19-21-23-25-27-29-31-33-35-37-39-41-45(49)44(43-48)47-46(50)42-40-38-36-34-32-30-28-26-24-22-20-18-16-14-12-10-8-6-4-2/h6,8,12,14,18,20,24,26,31,33,39,41,44-45,48-49H,3-5,7,9-11,13,15-17,19,21-23,25,27-30,32,34-38,40,42-43H2,1-2H3,(H,47,50)/b8-6-,14-12-,20-18-,26-24-,33-31+,41-39+. The number of carbonyl (C=O) groups is 1. The fraction of sp³-hybridized carbons (Fsp3) is 0.717. The van der Waals surface area contributed by atoms with E-state index in [9.17, 15) is 15.0 Å². The Kier molecular flexibility index (Phi) is 39.5. The smallest absolute Gasteiger partial charge is 0.220 e. The summed E-state index contributed by atoms with van der Waals surface area (Å²) < 4.78 is 0. The van der Waals surface area contributed by atoms with Crippen LogP contribution in [0.25, 0.3) is 0 Å². The lowest BCUT2D eigenvalue weighted by Gasteiger charge is -2.19. The maximum Gasteiger partial charge on any atom is 0.220 e. The minimum Gasteiger partial charge on any atom is -0.394 e. The maximum atomic E-state index is 12.4. The molecule has 2 unspecified atom stereocenters. The SMILES string of the molecule is CC/C=C\C/C=C\C/C=C\C/C=C\CCCCCCCCC(=O)NC(CO)C(O)/C=C/CC/C=C/CCCCCCCCCCCCCCC. The number of allylic oxidation sites excluding steroid dienone is 11. The van der Waals surface area contributed by atoms with E-state index in [4.69, 9.17) is 0 Å². The van der Waals surface area contributed by atoms with Crippen molar-refractivity contribution >= 4 is 5.91 Å². The molecule has 0 aromatic heterocycles. The number of aliphatic hydroxyl groups is 2. The van der Waals surface area contributed by atoms with Crippen molar-refractivity contribution in [1.29, 1.82) is 0 Å². The van der Waals surface area contributed by atoms with Crippen molar-refractivity contribution < 1.29 is 15.0 Å². The number of hydrogen-bond donors (Lipinski definition) is 3. The highest BCUT2D eigenvalue weighted by Gasteiger charge is 2.17. The number of carbonyl (C=O) groups excluding carboxylic acids is 1. The highest BCUT2D eigenvalue weighted by molar-refractivity contribution is 5.76. The van der Waals surface area contributed by atoms with Crippen molar-refractivity contribution in [1.82, 2.24) is 5.32 Å². The molecule has 50 heavy (non-hydrogen) atoms. The van der Waals surface area contributed by atoms with Crippen LogP contribution in [-0.4, -0.2) is 34.9 Å². The van der Waals surface area contributed by atoms with Gasteiger partial charge in [-0.15, -0.1) is 0 Å². The van der Waals surface area contributed by atoms with Crippen LogP contribution in [0, 0.1) is 0 Å². The number of unbranched alkanes of at least 4 members (excludes halogenated alkanes) is 20. The van der Waals surface area contributed by atoms with E-state index in [1.54, 1.807) is 6.08 Å². The Labute approximate surface area is 310 Å². The summed E-state index contributed by atoms with van der Waals surface area (Å²) >= 11 is 0. The first kappa shape index (κ1) is 47.8. The summed E-state index contributed by atoms with van der Waals surface area (Å²) in [6.07, 6.45) is 58.6. The molecule has 2 atom stereocenters. The molecule has 0 saturated heterocycles. The predicted molar refractivity (Wildman–Crippen MR) is 220 cm³/mol. The Balaban J connectivity index is 3.68. The number of amides is 1. The van der Waals surface area contributed by atoms with Crippen molar-refractivity contribution in [2.75, 3.05) is 6.61 Å². The third-order valence-corrected chi connectivity index (χ3v) is 9.17. The number of aliphatic hydroxyl groups excluding tert-OH is 2. The van der Waals surface area contributed by atoms with Crippen molar-refractivity contribution in [3.05, 3.63) is 72.9 Å². The second kappa shape index (κ2) is 41.3. The fourth-order valence-electron chi connectivity index (χ4n) is 5.95. The zero-order chi connectivity index (χ0) is 36.4. The van der Waals surface area contributed by atoms with Crippen LogP contribution < -0.4 is 5.32 Å². The molecule has 0 bridgehead atoms. The minimum atomic E-state index is -0.871. The summed E-state index contributed by atoms with van der Waals surface area (Å²) in [5.41, 5.74) is 0. The van der Waals surface area contributed by atoms with Crippen LogP contribution in [0.15, 0.2) is 72.9 Å². The molecule has 0 spiro atoms. The van der Waals surface area contributed by atoms with E-state index in [1.165, 1.54) is 103 Å². The molecule has 0 aromatic carbocycles. The Morgan fingerprint density at radius 1 is 0.500 bits per heavy atom. The molecule has 4 nitrogen and oxygen atoms in total. The molecule has 0 aliphatic heterocycles. The Morgan fingerprint density at radius 3 is 1.40 bits per heavy atom. The summed E-state index contributed by atoms with van der Waals surface area (Å²) in [7, 11) is 0. The molecule has 0 aromatic rings. The van der Waals surface area contributed by atoms with E-state index >= 15 is 0 Å². The van der Waals surface area contributed by atoms with Crippen LogP contribution in [0.4, 0.5) is 0 Å². The lowest BCUT2D eigenvalue weighted by Crippen LogP contribution is -2.45. The molecule has 1 amide bonds. The quantitative estimate of drug-likeness (QED) is 0.0447. The topological polar surface area (TPSA) is 69.6 Å². The van der Waals surface area contributed by atoms with Crippen LogP contribution >= 0.6 is 0 Å². The van der Waals surface area contributed by atoms with E-state index in [0.29, 0.717) is 6.42 Å². The van der Waals surface area contributed by atoms with Gasteiger partial charge < -0.3 is 15.5 Å². The Bertz CT molecular complexity index is 884. The second-order valence-electron chi connectivity index (χ2n) is 14.0. The first-order valence-corrected chi connectivity index (χ1v) is 21.2. The van der Waals surface area contributed by atoms with Gasteiger partial charge in [0.25, 0.3) is 0 Å². The summed E-state index contributed by atoms with van der Waals surface area (Å²) in [5.74, 6) is -0.0908. The van der Waals surface area contributed by atoms with E-state index < -0.39 is 12.1 Å². The molecule has 4 heteroatoms. The number of rotatable bonds is 37. The lowest BCUT2D eigenvalue weighted by molar-refractivity contribution is -0.123.